The third kappa shape index (κ3) is 3.92. The number of carbonyl (C=O) groups is 1. The fourth-order valence-corrected chi connectivity index (χ4v) is 3.73. The van der Waals surface area contributed by atoms with Crippen LogP contribution in [0, 0.1) is 0 Å². The van der Waals surface area contributed by atoms with Gasteiger partial charge in [-0.1, -0.05) is 46.3 Å². The van der Waals surface area contributed by atoms with Crippen LogP contribution < -0.4 is 0 Å². The Balaban J connectivity index is 2.32. The summed E-state index contributed by atoms with van der Waals surface area (Å²) in [5.41, 5.74) is 0.477. The molecule has 110 valence electrons. The minimum absolute atomic E-state index is 0.118. The van der Waals surface area contributed by atoms with E-state index in [1.807, 2.05) is 0 Å². The van der Waals surface area contributed by atoms with Crippen molar-refractivity contribution in [2.24, 2.45) is 0 Å². The van der Waals surface area contributed by atoms with Crippen LogP contribution in [-0.4, -0.2) is 25.2 Å². The van der Waals surface area contributed by atoms with Gasteiger partial charge in [-0.3, -0.25) is 4.79 Å². The summed E-state index contributed by atoms with van der Waals surface area (Å²) in [6.07, 6.45) is 0. The second-order valence-corrected chi connectivity index (χ2v) is 7.49. The summed E-state index contributed by atoms with van der Waals surface area (Å²) in [5.74, 6) is -2.70. The van der Waals surface area contributed by atoms with Gasteiger partial charge in [-0.2, -0.15) is 0 Å². The third-order valence-corrected chi connectivity index (χ3v) is 5.35. The highest BCUT2D eigenvalue weighted by molar-refractivity contribution is 9.10. The molecule has 6 heteroatoms. The monoisotopic (exact) mass is 368 g/mol. The zero-order chi connectivity index (χ0) is 15.5. The molecule has 0 saturated carbocycles. The van der Waals surface area contributed by atoms with Gasteiger partial charge in [0.2, 0.25) is 0 Å². The Kier molecular flexibility index (Phi) is 4.80. The zero-order valence-corrected chi connectivity index (χ0v) is 13.3. The van der Waals surface area contributed by atoms with Gasteiger partial charge in [0, 0.05) is 4.47 Å². The fourth-order valence-electron chi connectivity index (χ4n) is 1.95. The van der Waals surface area contributed by atoms with Gasteiger partial charge in [-0.05, 0) is 29.8 Å². The summed E-state index contributed by atoms with van der Waals surface area (Å²) in [5, 5.41) is 9.31. The highest BCUT2D eigenvalue weighted by atomic mass is 79.9. The maximum absolute atomic E-state index is 12.4. The molecule has 0 spiro atoms. The van der Waals surface area contributed by atoms with Crippen LogP contribution in [0.2, 0.25) is 0 Å². The molecule has 0 bridgehead atoms. The summed E-state index contributed by atoms with van der Waals surface area (Å²) in [6, 6.07) is 14.5. The summed E-state index contributed by atoms with van der Waals surface area (Å²) in [4.78, 5) is 11.5. The van der Waals surface area contributed by atoms with Crippen molar-refractivity contribution < 1.29 is 18.3 Å². The fraction of sp³-hybridized carbons (Fsp3) is 0.133. The minimum Gasteiger partial charge on any atom is -0.481 e. The van der Waals surface area contributed by atoms with E-state index < -0.39 is 27.5 Å². The molecule has 1 atom stereocenters. The Labute approximate surface area is 131 Å². The van der Waals surface area contributed by atoms with Gasteiger partial charge in [0.25, 0.3) is 0 Å². The van der Waals surface area contributed by atoms with Gasteiger partial charge in [0.05, 0.1) is 16.6 Å². The molecule has 2 rings (SSSR count). The maximum atomic E-state index is 12.4. The van der Waals surface area contributed by atoms with E-state index >= 15 is 0 Å². The van der Waals surface area contributed by atoms with E-state index in [1.54, 1.807) is 42.5 Å². The Hall–Kier alpha value is -1.66. The number of carboxylic acids is 1. The summed E-state index contributed by atoms with van der Waals surface area (Å²) in [6.45, 7) is 0. The van der Waals surface area contributed by atoms with Crippen LogP contribution in [0.5, 0.6) is 0 Å². The molecule has 0 radical (unpaired) electrons. The van der Waals surface area contributed by atoms with Crippen molar-refractivity contribution in [1.82, 2.24) is 0 Å². The van der Waals surface area contributed by atoms with E-state index in [2.05, 4.69) is 15.9 Å². The molecule has 21 heavy (non-hydrogen) atoms. The molecule has 1 N–H and O–H groups in total. The first-order valence-electron chi connectivity index (χ1n) is 6.16. The Morgan fingerprint density at radius 2 is 1.62 bits per heavy atom. The van der Waals surface area contributed by atoms with Crippen molar-refractivity contribution >= 4 is 31.7 Å². The molecule has 0 aromatic heterocycles. The lowest BCUT2D eigenvalue weighted by molar-refractivity contribution is -0.138. The van der Waals surface area contributed by atoms with E-state index in [-0.39, 0.29) is 4.90 Å². The van der Waals surface area contributed by atoms with E-state index in [0.29, 0.717) is 5.56 Å². The average Bonchev–Trinajstić information content (AvgIpc) is 2.46. The largest absolute Gasteiger partial charge is 0.481 e. The standard InChI is InChI=1S/C15H13BrO4S/c16-12-6-8-13(9-7-12)21(19,20)10-14(15(17)18)11-4-2-1-3-5-11/h1-9,14H,10H2,(H,17,18). The smallest absolute Gasteiger partial charge is 0.312 e. The highest BCUT2D eigenvalue weighted by Crippen LogP contribution is 2.23. The summed E-state index contributed by atoms with van der Waals surface area (Å²) >= 11 is 3.23. The normalized spacial score (nSPS) is 12.8. The lowest BCUT2D eigenvalue weighted by Crippen LogP contribution is -2.22. The lowest BCUT2D eigenvalue weighted by Gasteiger charge is -2.13. The number of carboxylic acid groups (broad SMARTS) is 1. The predicted octanol–water partition coefficient (Wildman–Crippen LogP) is 3.09. The van der Waals surface area contributed by atoms with E-state index in [9.17, 15) is 18.3 Å². The number of sulfone groups is 1. The van der Waals surface area contributed by atoms with Gasteiger partial charge in [0.15, 0.2) is 9.84 Å². The lowest BCUT2D eigenvalue weighted by atomic mass is 10.0. The number of hydrogen-bond acceptors (Lipinski definition) is 3. The second kappa shape index (κ2) is 6.41. The molecular weight excluding hydrogens is 356 g/mol. The van der Waals surface area contributed by atoms with Crippen molar-refractivity contribution in [2.45, 2.75) is 10.8 Å². The van der Waals surface area contributed by atoms with Crippen LogP contribution in [-0.2, 0) is 14.6 Å². The van der Waals surface area contributed by atoms with Gasteiger partial charge in [0.1, 0.15) is 0 Å². The average molecular weight is 369 g/mol. The summed E-state index contributed by atoms with van der Waals surface area (Å²) in [7, 11) is -3.67. The SMILES string of the molecule is O=C(O)C(CS(=O)(=O)c1ccc(Br)cc1)c1ccccc1. The van der Waals surface area contributed by atoms with Crippen LogP contribution in [0.3, 0.4) is 0 Å². The quantitative estimate of drug-likeness (QED) is 0.879. The number of benzene rings is 2. The first-order valence-corrected chi connectivity index (χ1v) is 8.61. The molecule has 0 heterocycles. The minimum atomic E-state index is -3.67. The molecule has 0 fully saturated rings. The van der Waals surface area contributed by atoms with E-state index in [4.69, 9.17) is 0 Å². The van der Waals surface area contributed by atoms with Crippen LogP contribution in [0.25, 0.3) is 0 Å². The molecule has 0 amide bonds. The Morgan fingerprint density at radius 1 is 1.05 bits per heavy atom. The molecule has 0 aliphatic rings. The van der Waals surface area contributed by atoms with Crippen LogP contribution in [0.1, 0.15) is 11.5 Å². The molecule has 0 aliphatic carbocycles. The summed E-state index contributed by atoms with van der Waals surface area (Å²) < 4.78 is 25.5. The molecule has 0 aliphatic heterocycles. The number of halogens is 1. The number of rotatable bonds is 5. The van der Waals surface area contributed by atoms with Gasteiger partial charge in [-0.15, -0.1) is 0 Å². The highest BCUT2D eigenvalue weighted by Gasteiger charge is 2.27. The Bertz CT molecular complexity index is 724. The van der Waals surface area contributed by atoms with Crippen molar-refractivity contribution in [1.29, 1.82) is 0 Å². The van der Waals surface area contributed by atoms with Crippen molar-refractivity contribution in [3.05, 3.63) is 64.6 Å². The molecule has 0 saturated heterocycles. The zero-order valence-electron chi connectivity index (χ0n) is 10.9. The van der Waals surface area contributed by atoms with Crippen LogP contribution >= 0.6 is 15.9 Å². The molecule has 2 aromatic rings. The van der Waals surface area contributed by atoms with Gasteiger partial charge < -0.3 is 5.11 Å². The van der Waals surface area contributed by atoms with Crippen LogP contribution in [0.15, 0.2) is 64.0 Å². The van der Waals surface area contributed by atoms with Crippen molar-refractivity contribution in [2.75, 3.05) is 5.75 Å². The molecule has 1 unspecified atom stereocenters. The maximum Gasteiger partial charge on any atom is 0.312 e. The topological polar surface area (TPSA) is 71.4 Å². The van der Waals surface area contributed by atoms with Gasteiger partial charge in [-0.25, -0.2) is 8.42 Å². The van der Waals surface area contributed by atoms with Gasteiger partial charge >= 0.3 is 5.97 Å². The van der Waals surface area contributed by atoms with Crippen LogP contribution in [0.4, 0.5) is 0 Å². The first-order chi connectivity index (χ1) is 9.90. The Morgan fingerprint density at radius 3 is 2.14 bits per heavy atom. The third-order valence-electron chi connectivity index (χ3n) is 3.06. The molecule has 4 nitrogen and oxygen atoms in total. The van der Waals surface area contributed by atoms with Crippen molar-refractivity contribution in [3.8, 4) is 0 Å². The first kappa shape index (κ1) is 15.7. The van der Waals surface area contributed by atoms with Crippen molar-refractivity contribution in [3.63, 3.8) is 0 Å². The van der Waals surface area contributed by atoms with E-state index in [0.717, 1.165) is 4.47 Å². The second-order valence-electron chi connectivity index (χ2n) is 4.54. The molecule has 2 aromatic carbocycles. The number of aliphatic carboxylic acids is 1. The predicted molar refractivity (Wildman–Crippen MR) is 83.0 cm³/mol. The molecular formula is C15H13BrO4S. The number of hydrogen-bond donors (Lipinski definition) is 1. The van der Waals surface area contributed by atoms with E-state index in [1.165, 1.54) is 12.1 Å².